The molecular weight excluding hydrogens is 342 g/mol. The fraction of sp³-hybridized carbons (Fsp3) is 0.294. The summed E-state index contributed by atoms with van der Waals surface area (Å²) in [6.45, 7) is 4.94. The number of hydrogen-bond donors (Lipinski definition) is 2. The molecule has 0 atom stereocenters. The van der Waals surface area contributed by atoms with Crippen LogP contribution in [-0.2, 0) is 0 Å². The van der Waals surface area contributed by atoms with E-state index >= 15 is 0 Å². The summed E-state index contributed by atoms with van der Waals surface area (Å²) in [6, 6.07) is 11.4. The van der Waals surface area contributed by atoms with Crippen molar-refractivity contribution in [1.29, 1.82) is 0 Å². The minimum atomic E-state index is -0.129. The summed E-state index contributed by atoms with van der Waals surface area (Å²) in [5.41, 5.74) is 2.25. The summed E-state index contributed by atoms with van der Waals surface area (Å²) in [5.74, 6) is 0.446. The van der Waals surface area contributed by atoms with Crippen LogP contribution < -0.4 is 10.6 Å². The van der Waals surface area contributed by atoms with E-state index in [4.69, 9.17) is 0 Å². The summed E-state index contributed by atoms with van der Waals surface area (Å²) in [7, 11) is 0. The van der Waals surface area contributed by atoms with Crippen molar-refractivity contribution in [3.8, 4) is 0 Å². The van der Waals surface area contributed by atoms with Crippen LogP contribution in [0.15, 0.2) is 47.1 Å². The third kappa shape index (κ3) is 5.15. The first-order valence-corrected chi connectivity index (χ1v) is 8.11. The molecule has 0 saturated heterocycles. The average Bonchev–Trinajstić information content (AvgIpc) is 2.50. The van der Waals surface area contributed by atoms with Crippen molar-refractivity contribution in [1.82, 2.24) is 10.3 Å². The molecular formula is C17H20BrN3O. The molecule has 5 heteroatoms. The highest BCUT2D eigenvalue weighted by Crippen LogP contribution is 2.18. The number of halogens is 1. The standard InChI is InChI=1S/C17H20BrN3O/c1-12(2)9-10-19-17(22)16-8-7-15(11-20-16)21-14-5-3-13(18)4-6-14/h3-8,11-12,21H,9-10H2,1-2H3,(H,19,22). The first kappa shape index (κ1) is 16.5. The van der Waals surface area contributed by atoms with Crippen LogP contribution in [0.25, 0.3) is 0 Å². The van der Waals surface area contributed by atoms with Crippen LogP contribution in [0.1, 0.15) is 30.8 Å². The molecule has 1 heterocycles. The highest BCUT2D eigenvalue weighted by atomic mass is 79.9. The van der Waals surface area contributed by atoms with Gasteiger partial charge in [0.15, 0.2) is 0 Å². The second-order valence-corrected chi connectivity index (χ2v) is 6.42. The Morgan fingerprint density at radius 3 is 2.41 bits per heavy atom. The maximum atomic E-state index is 11.9. The van der Waals surface area contributed by atoms with E-state index in [1.807, 2.05) is 30.3 Å². The van der Waals surface area contributed by atoms with Crippen molar-refractivity contribution in [2.24, 2.45) is 5.92 Å². The summed E-state index contributed by atoms with van der Waals surface area (Å²) < 4.78 is 1.03. The van der Waals surface area contributed by atoms with Crippen molar-refractivity contribution < 1.29 is 4.79 Å². The van der Waals surface area contributed by atoms with Crippen molar-refractivity contribution >= 4 is 33.2 Å². The third-order valence-corrected chi connectivity index (χ3v) is 3.66. The van der Waals surface area contributed by atoms with Gasteiger partial charge in [0.25, 0.3) is 5.91 Å². The number of aromatic nitrogens is 1. The smallest absolute Gasteiger partial charge is 0.269 e. The molecule has 2 rings (SSSR count). The predicted octanol–water partition coefficient (Wildman–Crippen LogP) is 4.36. The van der Waals surface area contributed by atoms with Crippen LogP contribution in [0, 0.1) is 5.92 Å². The Morgan fingerprint density at radius 2 is 1.82 bits per heavy atom. The topological polar surface area (TPSA) is 54.0 Å². The normalized spacial score (nSPS) is 10.5. The lowest BCUT2D eigenvalue weighted by Crippen LogP contribution is -2.26. The molecule has 0 bridgehead atoms. The average molecular weight is 362 g/mol. The van der Waals surface area contributed by atoms with Crippen molar-refractivity contribution in [3.63, 3.8) is 0 Å². The highest BCUT2D eigenvalue weighted by Gasteiger charge is 2.07. The maximum Gasteiger partial charge on any atom is 0.269 e. The lowest BCUT2D eigenvalue weighted by molar-refractivity contribution is 0.0947. The molecule has 4 nitrogen and oxygen atoms in total. The van der Waals surface area contributed by atoms with Gasteiger partial charge in [-0.25, -0.2) is 4.98 Å². The van der Waals surface area contributed by atoms with Gasteiger partial charge in [0.05, 0.1) is 11.9 Å². The number of anilines is 2. The Labute approximate surface area is 139 Å². The molecule has 0 fully saturated rings. The minimum absolute atomic E-state index is 0.129. The van der Waals surface area contributed by atoms with Crippen molar-refractivity contribution in [2.45, 2.75) is 20.3 Å². The molecule has 2 aromatic rings. The van der Waals surface area contributed by atoms with E-state index in [1.54, 1.807) is 12.3 Å². The van der Waals surface area contributed by atoms with Gasteiger partial charge < -0.3 is 10.6 Å². The zero-order valence-corrected chi connectivity index (χ0v) is 14.4. The van der Waals surface area contributed by atoms with Crippen molar-refractivity contribution in [3.05, 3.63) is 52.8 Å². The SMILES string of the molecule is CC(C)CCNC(=O)c1ccc(Nc2ccc(Br)cc2)cn1. The van der Waals surface area contributed by atoms with Crippen LogP contribution >= 0.6 is 15.9 Å². The number of rotatable bonds is 6. The highest BCUT2D eigenvalue weighted by molar-refractivity contribution is 9.10. The Bertz CT molecular complexity index is 609. The van der Waals surface area contributed by atoms with Gasteiger partial charge in [-0.15, -0.1) is 0 Å². The second kappa shape index (κ2) is 7.94. The number of amides is 1. The van der Waals surface area contributed by atoms with E-state index in [9.17, 15) is 4.79 Å². The van der Waals surface area contributed by atoms with Crippen LogP contribution in [-0.4, -0.2) is 17.4 Å². The van der Waals surface area contributed by atoms with E-state index in [-0.39, 0.29) is 5.91 Å². The zero-order chi connectivity index (χ0) is 15.9. The van der Waals surface area contributed by atoms with Gasteiger partial charge in [-0.1, -0.05) is 29.8 Å². The Morgan fingerprint density at radius 1 is 1.14 bits per heavy atom. The van der Waals surface area contributed by atoms with E-state index in [0.717, 1.165) is 22.3 Å². The van der Waals surface area contributed by atoms with Gasteiger partial charge in [-0.05, 0) is 48.7 Å². The number of benzene rings is 1. The third-order valence-electron chi connectivity index (χ3n) is 3.14. The second-order valence-electron chi connectivity index (χ2n) is 5.50. The number of nitrogens with zero attached hydrogens (tertiary/aromatic N) is 1. The van der Waals surface area contributed by atoms with Crippen LogP contribution in [0.2, 0.25) is 0 Å². The monoisotopic (exact) mass is 361 g/mol. The molecule has 0 saturated carbocycles. The van der Waals surface area contributed by atoms with E-state index in [0.29, 0.717) is 18.2 Å². The molecule has 2 N–H and O–H groups in total. The van der Waals surface area contributed by atoms with Crippen molar-refractivity contribution in [2.75, 3.05) is 11.9 Å². The summed E-state index contributed by atoms with van der Waals surface area (Å²) in [5, 5.41) is 6.12. The minimum Gasteiger partial charge on any atom is -0.354 e. The largest absolute Gasteiger partial charge is 0.354 e. The number of carbonyl (C=O) groups is 1. The molecule has 0 spiro atoms. The van der Waals surface area contributed by atoms with Crippen LogP contribution in [0.5, 0.6) is 0 Å². The first-order valence-electron chi connectivity index (χ1n) is 7.31. The molecule has 0 aliphatic heterocycles. The first-order chi connectivity index (χ1) is 10.5. The predicted molar refractivity (Wildman–Crippen MR) is 93.4 cm³/mol. The van der Waals surface area contributed by atoms with E-state index in [1.165, 1.54) is 0 Å². The van der Waals surface area contributed by atoms with E-state index in [2.05, 4.69) is 45.4 Å². The molecule has 0 radical (unpaired) electrons. The summed E-state index contributed by atoms with van der Waals surface area (Å²) >= 11 is 3.40. The quantitative estimate of drug-likeness (QED) is 0.803. The molecule has 1 amide bonds. The Balaban J connectivity index is 1.92. The maximum absolute atomic E-state index is 11.9. The fourth-order valence-corrected chi connectivity index (χ4v) is 2.13. The number of nitrogens with one attached hydrogen (secondary N) is 2. The van der Waals surface area contributed by atoms with Gasteiger partial charge in [0.1, 0.15) is 5.69 Å². The fourth-order valence-electron chi connectivity index (χ4n) is 1.87. The number of pyridine rings is 1. The molecule has 22 heavy (non-hydrogen) atoms. The van der Waals surface area contributed by atoms with E-state index < -0.39 is 0 Å². The molecule has 0 aliphatic carbocycles. The Kier molecular flexibility index (Phi) is 5.95. The number of carbonyl (C=O) groups excluding carboxylic acids is 1. The van der Waals surface area contributed by atoms with Gasteiger partial charge >= 0.3 is 0 Å². The number of hydrogen-bond acceptors (Lipinski definition) is 3. The van der Waals surface area contributed by atoms with Crippen LogP contribution in [0.3, 0.4) is 0 Å². The van der Waals surface area contributed by atoms with Crippen LogP contribution in [0.4, 0.5) is 11.4 Å². The molecule has 0 unspecified atom stereocenters. The molecule has 0 aliphatic rings. The lowest BCUT2D eigenvalue weighted by Gasteiger charge is -2.08. The van der Waals surface area contributed by atoms with Gasteiger partial charge in [0.2, 0.25) is 0 Å². The zero-order valence-electron chi connectivity index (χ0n) is 12.8. The van der Waals surface area contributed by atoms with Gasteiger partial charge in [0, 0.05) is 16.7 Å². The molecule has 1 aromatic carbocycles. The summed E-state index contributed by atoms with van der Waals surface area (Å²) in [6.07, 6.45) is 2.63. The van der Waals surface area contributed by atoms with Gasteiger partial charge in [-0.2, -0.15) is 0 Å². The van der Waals surface area contributed by atoms with Gasteiger partial charge in [-0.3, -0.25) is 4.79 Å². The molecule has 1 aromatic heterocycles. The lowest BCUT2D eigenvalue weighted by atomic mass is 10.1. The Hall–Kier alpha value is -1.88. The molecule has 116 valence electrons. The summed E-state index contributed by atoms with van der Waals surface area (Å²) in [4.78, 5) is 16.1.